The van der Waals surface area contributed by atoms with Crippen molar-refractivity contribution >= 4 is 15.9 Å². The first-order valence-electron chi connectivity index (χ1n) is 6.48. The van der Waals surface area contributed by atoms with Crippen LogP contribution in [-0.4, -0.2) is 25.0 Å². The number of rotatable bonds is 5. The van der Waals surface area contributed by atoms with E-state index in [1.165, 1.54) is 5.56 Å². The molecule has 1 aromatic carbocycles. The monoisotopic (exact) mass is 312 g/mol. The quantitative estimate of drug-likeness (QED) is 0.895. The van der Waals surface area contributed by atoms with E-state index in [9.17, 15) is 0 Å². The molecule has 0 bridgehead atoms. The highest BCUT2D eigenvalue weighted by atomic mass is 79.9. The molecule has 18 heavy (non-hydrogen) atoms. The normalized spacial score (nSPS) is 13.9. The third kappa shape index (κ3) is 5.51. The largest absolute Gasteiger partial charge is 0.324 e. The van der Waals surface area contributed by atoms with Crippen molar-refractivity contribution in [1.82, 2.24) is 4.90 Å². The molecule has 1 atom stereocenters. The minimum Gasteiger partial charge on any atom is -0.324 e. The zero-order valence-corrected chi connectivity index (χ0v) is 13.5. The number of nitrogens with two attached hydrogens (primary N) is 1. The van der Waals surface area contributed by atoms with E-state index in [4.69, 9.17) is 5.73 Å². The standard InChI is InChI=1S/C15H25BrN2/c1-15(2,3)11-18(4)10-9-14(17)12-7-5-6-8-13(12)16/h5-8,14H,9-11,17H2,1-4H3. The van der Waals surface area contributed by atoms with Crippen LogP contribution in [0.4, 0.5) is 0 Å². The molecular weight excluding hydrogens is 288 g/mol. The van der Waals surface area contributed by atoms with Gasteiger partial charge in [0.2, 0.25) is 0 Å². The summed E-state index contributed by atoms with van der Waals surface area (Å²) >= 11 is 3.56. The Hall–Kier alpha value is -0.380. The number of halogens is 1. The molecule has 1 rings (SSSR count). The van der Waals surface area contributed by atoms with Gasteiger partial charge in [0.05, 0.1) is 0 Å². The molecule has 0 spiro atoms. The summed E-state index contributed by atoms with van der Waals surface area (Å²) in [6.45, 7) is 8.90. The number of benzene rings is 1. The molecule has 2 nitrogen and oxygen atoms in total. The molecule has 1 aromatic rings. The average Bonchev–Trinajstić information content (AvgIpc) is 2.24. The van der Waals surface area contributed by atoms with E-state index in [1.807, 2.05) is 18.2 Å². The molecule has 0 amide bonds. The summed E-state index contributed by atoms with van der Waals surface area (Å²) in [7, 11) is 2.16. The second-order valence-electron chi connectivity index (χ2n) is 6.22. The highest BCUT2D eigenvalue weighted by Gasteiger charge is 2.15. The molecule has 0 saturated heterocycles. The molecule has 0 fully saturated rings. The van der Waals surface area contributed by atoms with Crippen molar-refractivity contribution in [2.24, 2.45) is 11.1 Å². The van der Waals surface area contributed by atoms with Crippen molar-refractivity contribution < 1.29 is 0 Å². The van der Waals surface area contributed by atoms with Crippen LogP contribution in [0.25, 0.3) is 0 Å². The smallest absolute Gasteiger partial charge is 0.0318 e. The van der Waals surface area contributed by atoms with E-state index >= 15 is 0 Å². The molecule has 3 heteroatoms. The second-order valence-corrected chi connectivity index (χ2v) is 7.07. The summed E-state index contributed by atoms with van der Waals surface area (Å²) in [6, 6.07) is 8.31. The maximum Gasteiger partial charge on any atom is 0.0318 e. The van der Waals surface area contributed by atoms with Gasteiger partial charge in [0.1, 0.15) is 0 Å². The van der Waals surface area contributed by atoms with Crippen LogP contribution in [0, 0.1) is 5.41 Å². The molecule has 0 aliphatic heterocycles. The summed E-state index contributed by atoms with van der Waals surface area (Å²) in [5, 5.41) is 0. The Balaban J connectivity index is 2.47. The number of nitrogens with zero attached hydrogens (tertiary/aromatic N) is 1. The SMILES string of the molecule is CN(CCC(N)c1ccccc1Br)CC(C)(C)C. The Labute approximate surface area is 120 Å². The van der Waals surface area contributed by atoms with E-state index in [2.05, 4.69) is 54.7 Å². The van der Waals surface area contributed by atoms with Gasteiger partial charge in [-0.25, -0.2) is 0 Å². The van der Waals surface area contributed by atoms with Gasteiger partial charge in [-0.15, -0.1) is 0 Å². The molecular formula is C15H25BrN2. The molecule has 0 radical (unpaired) electrons. The predicted molar refractivity (Wildman–Crippen MR) is 82.6 cm³/mol. The lowest BCUT2D eigenvalue weighted by Crippen LogP contribution is -2.31. The predicted octanol–water partition coefficient (Wildman–Crippen LogP) is 3.82. The van der Waals surface area contributed by atoms with E-state index in [0.717, 1.165) is 24.0 Å². The van der Waals surface area contributed by atoms with Gasteiger partial charge >= 0.3 is 0 Å². The van der Waals surface area contributed by atoms with Gasteiger partial charge in [-0.1, -0.05) is 54.9 Å². The van der Waals surface area contributed by atoms with Gasteiger partial charge in [0.15, 0.2) is 0 Å². The summed E-state index contributed by atoms with van der Waals surface area (Å²) in [6.07, 6.45) is 0.981. The Kier molecular flexibility index (Phi) is 5.83. The molecule has 0 aliphatic rings. The van der Waals surface area contributed by atoms with Gasteiger partial charge in [-0.05, 0) is 37.1 Å². The van der Waals surface area contributed by atoms with Crippen LogP contribution in [0.15, 0.2) is 28.7 Å². The maximum absolute atomic E-state index is 6.25. The lowest BCUT2D eigenvalue weighted by atomic mass is 9.96. The van der Waals surface area contributed by atoms with Crippen LogP contribution in [0.3, 0.4) is 0 Å². The van der Waals surface area contributed by atoms with E-state index in [-0.39, 0.29) is 6.04 Å². The van der Waals surface area contributed by atoms with Gasteiger partial charge in [0.25, 0.3) is 0 Å². The van der Waals surface area contributed by atoms with Crippen LogP contribution in [0.2, 0.25) is 0 Å². The fourth-order valence-electron chi connectivity index (χ4n) is 2.18. The summed E-state index contributed by atoms with van der Waals surface area (Å²) in [4.78, 5) is 2.36. The number of hydrogen-bond acceptors (Lipinski definition) is 2. The molecule has 0 heterocycles. The van der Waals surface area contributed by atoms with E-state index in [0.29, 0.717) is 5.41 Å². The van der Waals surface area contributed by atoms with Crippen LogP contribution < -0.4 is 5.73 Å². The van der Waals surface area contributed by atoms with E-state index < -0.39 is 0 Å². The van der Waals surface area contributed by atoms with Crippen LogP contribution >= 0.6 is 15.9 Å². The zero-order chi connectivity index (χ0) is 13.8. The Morgan fingerprint density at radius 3 is 2.44 bits per heavy atom. The summed E-state index contributed by atoms with van der Waals surface area (Å²) in [5.74, 6) is 0. The molecule has 0 aliphatic carbocycles. The Morgan fingerprint density at radius 2 is 1.89 bits per heavy atom. The van der Waals surface area contributed by atoms with Gasteiger partial charge in [-0.3, -0.25) is 0 Å². The summed E-state index contributed by atoms with van der Waals surface area (Å²) < 4.78 is 1.11. The van der Waals surface area contributed by atoms with Crippen molar-refractivity contribution in [2.75, 3.05) is 20.1 Å². The molecule has 2 N–H and O–H groups in total. The molecule has 1 unspecified atom stereocenters. The molecule has 0 saturated carbocycles. The van der Waals surface area contributed by atoms with Crippen molar-refractivity contribution in [1.29, 1.82) is 0 Å². The topological polar surface area (TPSA) is 29.3 Å². The zero-order valence-electron chi connectivity index (χ0n) is 11.9. The van der Waals surface area contributed by atoms with Crippen molar-refractivity contribution in [3.8, 4) is 0 Å². The first kappa shape index (κ1) is 15.7. The van der Waals surface area contributed by atoms with Gasteiger partial charge in [0, 0.05) is 17.1 Å². The average molecular weight is 313 g/mol. The first-order valence-corrected chi connectivity index (χ1v) is 7.27. The van der Waals surface area contributed by atoms with Crippen molar-refractivity contribution in [2.45, 2.75) is 33.2 Å². The highest BCUT2D eigenvalue weighted by molar-refractivity contribution is 9.10. The van der Waals surface area contributed by atoms with Crippen molar-refractivity contribution in [3.05, 3.63) is 34.3 Å². The van der Waals surface area contributed by atoms with Crippen LogP contribution in [0.5, 0.6) is 0 Å². The third-order valence-corrected chi connectivity index (χ3v) is 3.59. The lowest BCUT2D eigenvalue weighted by Gasteiger charge is -2.27. The van der Waals surface area contributed by atoms with Crippen LogP contribution in [0.1, 0.15) is 38.8 Å². The minimum atomic E-state index is 0.1000. The minimum absolute atomic E-state index is 0.1000. The fourth-order valence-corrected chi connectivity index (χ4v) is 2.76. The molecule has 102 valence electrons. The third-order valence-electron chi connectivity index (χ3n) is 2.87. The van der Waals surface area contributed by atoms with Crippen LogP contribution in [-0.2, 0) is 0 Å². The number of hydrogen-bond donors (Lipinski definition) is 1. The van der Waals surface area contributed by atoms with Gasteiger partial charge in [-0.2, -0.15) is 0 Å². The van der Waals surface area contributed by atoms with Gasteiger partial charge < -0.3 is 10.6 Å². The first-order chi connectivity index (χ1) is 8.29. The second kappa shape index (κ2) is 6.69. The highest BCUT2D eigenvalue weighted by Crippen LogP contribution is 2.24. The lowest BCUT2D eigenvalue weighted by molar-refractivity contribution is 0.221. The maximum atomic E-state index is 6.25. The Morgan fingerprint density at radius 1 is 1.28 bits per heavy atom. The van der Waals surface area contributed by atoms with E-state index in [1.54, 1.807) is 0 Å². The molecule has 0 aromatic heterocycles. The Bertz CT molecular complexity index is 371. The fraction of sp³-hybridized carbons (Fsp3) is 0.600. The van der Waals surface area contributed by atoms with Crippen molar-refractivity contribution in [3.63, 3.8) is 0 Å². The summed E-state index contributed by atoms with van der Waals surface area (Å²) in [5.41, 5.74) is 7.79.